The highest BCUT2D eigenvalue weighted by Gasteiger charge is 2.34. The Hall–Kier alpha value is -1.03. The van der Waals surface area contributed by atoms with Crippen molar-refractivity contribution in [3.8, 4) is 0 Å². The van der Waals surface area contributed by atoms with Crippen LogP contribution in [0.5, 0.6) is 0 Å². The van der Waals surface area contributed by atoms with Gasteiger partial charge in [-0.1, -0.05) is 20.8 Å². The van der Waals surface area contributed by atoms with Crippen molar-refractivity contribution < 1.29 is 13.9 Å². The maximum atomic E-state index is 13.7. The molecular formula is C16H21FO2S. The molecule has 1 aliphatic carbocycles. The van der Waals surface area contributed by atoms with E-state index in [-0.39, 0.29) is 17.1 Å². The van der Waals surface area contributed by atoms with Crippen molar-refractivity contribution in [3.05, 3.63) is 29.6 Å². The molecule has 110 valence electrons. The molecular weight excluding hydrogens is 275 g/mol. The first kappa shape index (κ1) is 15.4. The third-order valence-electron chi connectivity index (χ3n) is 3.79. The van der Waals surface area contributed by atoms with E-state index in [2.05, 4.69) is 33.4 Å². The number of benzene rings is 1. The molecule has 0 aliphatic heterocycles. The molecule has 0 aromatic heterocycles. The van der Waals surface area contributed by atoms with Crippen molar-refractivity contribution >= 4 is 18.6 Å². The van der Waals surface area contributed by atoms with Crippen molar-refractivity contribution in [1.82, 2.24) is 0 Å². The van der Waals surface area contributed by atoms with E-state index in [1.165, 1.54) is 18.2 Å². The number of thiol groups is 1. The highest BCUT2D eigenvalue weighted by Crippen LogP contribution is 2.39. The van der Waals surface area contributed by atoms with E-state index < -0.39 is 11.8 Å². The molecule has 0 saturated heterocycles. The third kappa shape index (κ3) is 3.75. The van der Waals surface area contributed by atoms with E-state index in [0.29, 0.717) is 10.8 Å². The highest BCUT2D eigenvalue weighted by molar-refractivity contribution is 7.80. The zero-order valence-electron chi connectivity index (χ0n) is 12.1. The molecule has 0 N–H and O–H groups in total. The average molecular weight is 296 g/mol. The number of rotatable bonds is 2. The summed E-state index contributed by atoms with van der Waals surface area (Å²) in [5.41, 5.74) is 0.126. The second kappa shape index (κ2) is 5.76. The molecule has 1 fully saturated rings. The number of carbonyl (C=O) groups excluding carboxylic acids is 1. The van der Waals surface area contributed by atoms with Crippen LogP contribution in [0.15, 0.2) is 23.1 Å². The zero-order valence-corrected chi connectivity index (χ0v) is 13.0. The summed E-state index contributed by atoms with van der Waals surface area (Å²) in [7, 11) is 0. The standard InChI is InChI=1S/C16H21FO2S/c1-10-6-11(9-16(2,3)8-10)19-15(18)13-7-12(20)4-5-14(13)17/h4-5,7,10-11,20H,6,8-9H2,1-3H3. The first-order valence-electron chi connectivity index (χ1n) is 6.96. The number of hydrogen-bond donors (Lipinski definition) is 1. The molecule has 4 heteroatoms. The summed E-state index contributed by atoms with van der Waals surface area (Å²) >= 11 is 4.13. The number of esters is 1. The van der Waals surface area contributed by atoms with Gasteiger partial charge in [-0.05, 0) is 48.8 Å². The number of ether oxygens (including phenoxy) is 1. The van der Waals surface area contributed by atoms with Gasteiger partial charge < -0.3 is 4.74 Å². The predicted octanol–water partition coefficient (Wildman–Crippen LogP) is 4.49. The van der Waals surface area contributed by atoms with Gasteiger partial charge in [-0.25, -0.2) is 9.18 Å². The summed E-state index contributed by atoms with van der Waals surface area (Å²) in [6.45, 7) is 6.52. The van der Waals surface area contributed by atoms with Gasteiger partial charge in [0, 0.05) is 4.90 Å². The van der Waals surface area contributed by atoms with Crippen LogP contribution in [0.1, 0.15) is 50.4 Å². The highest BCUT2D eigenvalue weighted by atomic mass is 32.1. The van der Waals surface area contributed by atoms with Crippen LogP contribution in [-0.2, 0) is 4.74 Å². The molecule has 1 saturated carbocycles. The van der Waals surface area contributed by atoms with Crippen LogP contribution in [0.25, 0.3) is 0 Å². The normalized spacial score (nSPS) is 25.2. The van der Waals surface area contributed by atoms with Crippen LogP contribution in [0.4, 0.5) is 4.39 Å². The molecule has 2 unspecified atom stereocenters. The zero-order chi connectivity index (χ0) is 14.9. The lowest BCUT2D eigenvalue weighted by Gasteiger charge is -2.38. The fraction of sp³-hybridized carbons (Fsp3) is 0.562. The molecule has 0 heterocycles. The van der Waals surface area contributed by atoms with Gasteiger partial charge in [-0.2, -0.15) is 0 Å². The molecule has 1 aliphatic rings. The Balaban J connectivity index is 2.09. The van der Waals surface area contributed by atoms with Crippen LogP contribution < -0.4 is 0 Å². The number of hydrogen-bond acceptors (Lipinski definition) is 3. The summed E-state index contributed by atoms with van der Waals surface area (Å²) in [6, 6.07) is 4.17. The quantitative estimate of drug-likeness (QED) is 0.643. The topological polar surface area (TPSA) is 26.3 Å². The summed E-state index contributed by atoms with van der Waals surface area (Å²) in [6.07, 6.45) is 2.66. The van der Waals surface area contributed by atoms with E-state index in [0.717, 1.165) is 19.3 Å². The molecule has 0 amide bonds. The summed E-state index contributed by atoms with van der Waals surface area (Å²) in [5, 5.41) is 0. The van der Waals surface area contributed by atoms with Crippen LogP contribution in [0, 0.1) is 17.2 Å². The second-order valence-electron chi connectivity index (χ2n) is 6.60. The van der Waals surface area contributed by atoms with Crippen molar-refractivity contribution in [2.75, 3.05) is 0 Å². The maximum Gasteiger partial charge on any atom is 0.341 e. The first-order valence-corrected chi connectivity index (χ1v) is 7.41. The fourth-order valence-electron chi connectivity index (χ4n) is 3.23. The van der Waals surface area contributed by atoms with Gasteiger partial charge in [0.1, 0.15) is 11.9 Å². The molecule has 1 aromatic carbocycles. The largest absolute Gasteiger partial charge is 0.459 e. The smallest absolute Gasteiger partial charge is 0.341 e. The van der Waals surface area contributed by atoms with Gasteiger partial charge in [-0.3, -0.25) is 0 Å². The van der Waals surface area contributed by atoms with Gasteiger partial charge in [0.25, 0.3) is 0 Å². The minimum absolute atomic E-state index is 0.0338. The second-order valence-corrected chi connectivity index (χ2v) is 7.12. The van der Waals surface area contributed by atoms with E-state index in [9.17, 15) is 9.18 Å². The van der Waals surface area contributed by atoms with Crippen LogP contribution in [-0.4, -0.2) is 12.1 Å². The van der Waals surface area contributed by atoms with E-state index >= 15 is 0 Å². The van der Waals surface area contributed by atoms with Gasteiger partial charge in [0.05, 0.1) is 5.56 Å². The minimum Gasteiger partial charge on any atom is -0.459 e. The Labute approximate surface area is 125 Å². The predicted molar refractivity (Wildman–Crippen MR) is 79.7 cm³/mol. The van der Waals surface area contributed by atoms with Crippen LogP contribution in [0.3, 0.4) is 0 Å². The first-order chi connectivity index (χ1) is 9.27. The Morgan fingerprint density at radius 3 is 2.75 bits per heavy atom. The molecule has 0 spiro atoms. The van der Waals surface area contributed by atoms with Gasteiger partial charge in [0.15, 0.2) is 0 Å². The van der Waals surface area contributed by atoms with E-state index in [1.807, 2.05) is 0 Å². The molecule has 2 atom stereocenters. The lowest BCUT2D eigenvalue weighted by Crippen LogP contribution is -2.34. The average Bonchev–Trinajstić information content (AvgIpc) is 2.29. The van der Waals surface area contributed by atoms with Crippen molar-refractivity contribution in [2.24, 2.45) is 11.3 Å². The van der Waals surface area contributed by atoms with E-state index in [4.69, 9.17) is 4.74 Å². The molecule has 0 bridgehead atoms. The Morgan fingerprint density at radius 1 is 1.40 bits per heavy atom. The minimum atomic E-state index is -0.590. The molecule has 2 nitrogen and oxygen atoms in total. The summed E-state index contributed by atoms with van der Waals surface area (Å²) in [4.78, 5) is 12.7. The molecule has 20 heavy (non-hydrogen) atoms. The summed E-state index contributed by atoms with van der Waals surface area (Å²) in [5.74, 6) is -0.637. The van der Waals surface area contributed by atoms with Gasteiger partial charge >= 0.3 is 5.97 Å². The molecule has 2 rings (SSSR count). The summed E-state index contributed by atoms with van der Waals surface area (Å²) < 4.78 is 19.2. The Bertz CT molecular complexity index is 513. The van der Waals surface area contributed by atoms with Crippen LogP contribution >= 0.6 is 12.6 Å². The Kier molecular flexibility index (Phi) is 4.43. The number of halogens is 1. The molecule has 1 aromatic rings. The van der Waals surface area contributed by atoms with Gasteiger partial charge in [-0.15, -0.1) is 12.6 Å². The monoisotopic (exact) mass is 296 g/mol. The van der Waals surface area contributed by atoms with E-state index in [1.54, 1.807) is 0 Å². The SMILES string of the molecule is CC1CC(OC(=O)c2cc(S)ccc2F)CC(C)(C)C1. The Morgan fingerprint density at radius 2 is 2.10 bits per heavy atom. The lowest BCUT2D eigenvalue weighted by atomic mass is 9.71. The van der Waals surface area contributed by atoms with Gasteiger partial charge in [0.2, 0.25) is 0 Å². The van der Waals surface area contributed by atoms with Crippen molar-refractivity contribution in [3.63, 3.8) is 0 Å². The number of carbonyl (C=O) groups is 1. The van der Waals surface area contributed by atoms with Crippen LogP contribution in [0.2, 0.25) is 0 Å². The third-order valence-corrected chi connectivity index (χ3v) is 4.07. The fourth-order valence-corrected chi connectivity index (χ4v) is 3.44. The van der Waals surface area contributed by atoms with Crippen molar-refractivity contribution in [2.45, 2.75) is 51.0 Å². The molecule has 0 radical (unpaired) electrons. The lowest BCUT2D eigenvalue weighted by molar-refractivity contribution is -0.00753. The maximum absolute atomic E-state index is 13.7. The van der Waals surface area contributed by atoms with Crippen molar-refractivity contribution in [1.29, 1.82) is 0 Å².